The van der Waals surface area contributed by atoms with Crippen molar-refractivity contribution in [3.05, 3.63) is 0 Å². The fraction of sp³-hybridized carbons (Fsp3) is 0.933. The second-order valence-corrected chi connectivity index (χ2v) is 14.0. The van der Waals surface area contributed by atoms with E-state index in [1.54, 1.807) is 7.11 Å². The van der Waals surface area contributed by atoms with Gasteiger partial charge in [0.2, 0.25) is 5.91 Å². The number of hydrogen-bond donors (Lipinski definition) is 3. The number of carboxylic acids is 1. The summed E-state index contributed by atoms with van der Waals surface area (Å²) in [7, 11) is 1.58. The van der Waals surface area contributed by atoms with Crippen LogP contribution in [0.3, 0.4) is 0 Å². The van der Waals surface area contributed by atoms with Gasteiger partial charge >= 0.3 is 5.97 Å². The lowest BCUT2D eigenvalue weighted by Crippen LogP contribution is -2.58. The topological polar surface area (TPSA) is 107 Å². The molecule has 1 saturated heterocycles. The minimum atomic E-state index is -0.946. The first-order valence-corrected chi connectivity index (χ1v) is 14.9. The van der Waals surface area contributed by atoms with Crippen molar-refractivity contribution in [2.24, 2.45) is 46.3 Å². The van der Waals surface area contributed by atoms with Gasteiger partial charge in [-0.2, -0.15) is 0 Å². The lowest BCUT2D eigenvalue weighted by atomic mass is 9.43. The van der Waals surface area contributed by atoms with Crippen LogP contribution in [0.25, 0.3) is 0 Å². The van der Waals surface area contributed by atoms with Crippen LogP contribution < -0.4 is 0 Å². The third-order valence-electron chi connectivity index (χ3n) is 12.4. The molecule has 1 heterocycles. The van der Waals surface area contributed by atoms with Gasteiger partial charge in [0, 0.05) is 26.5 Å². The molecule has 37 heavy (non-hydrogen) atoms. The first-order valence-electron chi connectivity index (χ1n) is 14.9. The number of amides is 1. The number of rotatable bonds is 6. The van der Waals surface area contributed by atoms with E-state index in [2.05, 4.69) is 20.8 Å². The Bertz CT molecular complexity index is 880. The molecule has 1 amide bonds. The van der Waals surface area contributed by atoms with Gasteiger partial charge in [-0.1, -0.05) is 20.8 Å². The third kappa shape index (κ3) is 4.55. The van der Waals surface area contributed by atoms with Gasteiger partial charge in [-0.25, -0.2) is 4.79 Å². The van der Waals surface area contributed by atoms with Crippen molar-refractivity contribution in [3.8, 4) is 0 Å². The van der Waals surface area contributed by atoms with Crippen molar-refractivity contribution in [3.63, 3.8) is 0 Å². The Balaban J connectivity index is 1.25. The quantitative estimate of drug-likeness (QED) is 0.488. The number of aliphatic hydroxyl groups is 2. The van der Waals surface area contributed by atoms with E-state index in [1.807, 2.05) is 0 Å². The van der Waals surface area contributed by atoms with Crippen LogP contribution in [0, 0.1) is 46.3 Å². The van der Waals surface area contributed by atoms with Gasteiger partial charge in [0.05, 0.1) is 18.3 Å². The molecular weight excluding hydrogens is 470 g/mol. The molecule has 4 saturated carbocycles. The van der Waals surface area contributed by atoms with Crippen molar-refractivity contribution < 1.29 is 29.6 Å². The lowest BCUT2D eigenvalue weighted by molar-refractivity contribution is -0.174. The monoisotopic (exact) mass is 519 g/mol. The predicted octanol–water partition coefficient (Wildman–Crippen LogP) is 4.09. The summed E-state index contributed by atoms with van der Waals surface area (Å²) in [4.78, 5) is 26.3. The maximum atomic E-state index is 13.1. The number of aliphatic hydroxyl groups excluding tert-OH is 2. The highest BCUT2D eigenvalue weighted by Crippen LogP contribution is 2.68. The highest BCUT2D eigenvalue weighted by molar-refractivity contribution is 5.84. The van der Waals surface area contributed by atoms with Crippen LogP contribution in [-0.2, 0) is 14.3 Å². The molecule has 0 aromatic rings. The highest BCUT2D eigenvalue weighted by Gasteiger charge is 2.62. The van der Waals surface area contributed by atoms with Crippen LogP contribution in [0.4, 0.5) is 0 Å². The number of ether oxygens (including phenoxy) is 1. The van der Waals surface area contributed by atoms with Crippen LogP contribution >= 0.6 is 0 Å². The molecule has 4 aliphatic carbocycles. The molecule has 210 valence electrons. The number of methoxy groups -OCH3 is 1. The van der Waals surface area contributed by atoms with Crippen LogP contribution in [0.2, 0.25) is 0 Å². The van der Waals surface area contributed by atoms with Crippen molar-refractivity contribution in [2.75, 3.05) is 13.7 Å². The molecule has 0 aromatic carbocycles. The molecule has 0 bridgehead atoms. The molecule has 1 aliphatic heterocycles. The Hall–Kier alpha value is -1.18. The number of fused-ring (bicyclic) bond motifs is 5. The van der Waals surface area contributed by atoms with Crippen molar-refractivity contribution in [1.29, 1.82) is 0 Å². The first kappa shape index (κ1) is 27.4. The number of likely N-dealkylation sites (tertiary alicyclic amines) is 1. The molecule has 5 rings (SSSR count). The van der Waals surface area contributed by atoms with Crippen molar-refractivity contribution in [1.82, 2.24) is 4.90 Å². The Morgan fingerprint density at radius 1 is 1.00 bits per heavy atom. The number of carbonyl (C=O) groups is 2. The number of carboxylic acid groups (broad SMARTS) is 1. The highest BCUT2D eigenvalue weighted by atomic mass is 16.5. The van der Waals surface area contributed by atoms with Crippen LogP contribution in [0.1, 0.15) is 91.4 Å². The van der Waals surface area contributed by atoms with Gasteiger partial charge in [0.15, 0.2) is 0 Å². The van der Waals surface area contributed by atoms with E-state index in [9.17, 15) is 24.9 Å². The third-order valence-corrected chi connectivity index (χ3v) is 12.4. The van der Waals surface area contributed by atoms with Gasteiger partial charge in [-0.05, 0) is 104 Å². The fourth-order valence-electron chi connectivity index (χ4n) is 10.3. The summed E-state index contributed by atoms with van der Waals surface area (Å²) in [6.45, 7) is 7.56. The van der Waals surface area contributed by atoms with Gasteiger partial charge in [-0.3, -0.25) is 4.79 Å². The fourth-order valence-corrected chi connectivity index (χ4v) is 10.3. The normalized spacial score (nSPS) is 48.2. The van der Waals surface area contributed by atoms with E-state index in [0.717, 1.165) is 51.4 Å². The Morgan fingerprint density at radius 2 is 1.70 bits per heavy atom. The summed E-state index contributed by atoms with van der Waals surface area (Å²) in [6, 6.07) is -0.782. The smallest absolute Gasteiger partial charge is 0.326 e. The number of nitrogens with zero attached hydrogens (tertiary/aromatic N) is 1. The summed E-state index contributed by atoms with van der Waals surface area (Å²) in [5.41, 5.74) is 0.414. The maximum absolute atomic E-state index is 13.1. The van der Waals surface area contributed by atoms with Crippen LogP contribution in [-0.4, -0.2) is 70.1 Å². The molecule has 7 nitrogen and oxygen atoms in total. The van der Waals surface area contributed by atoms with E-state index in [4.69, 9.17) is 4.74 Å². The summed E-state index contributed by atoms with van der Waals surface area (Å²) in [5.74, 6) is 1.73. The average molecular weight is 520 g/mol. The van der Waals surface area contributed by atoms with Gasteiger partial charge < -0.3 is 25.0 Å². The minimum Gasteiger partial charge on any atom is -0.480 e. The van der Waals surface area contributed by atoms with Crippen LogP contribution in [0.15, 0.2) is 0 Å². The molecule has 3 N–H and O–H groups in total. The minimum absolute atomic E-state index is 0.0663. The SMILES string of the molecule is CO[C@H]1C[C@H](C(=O)O)N(C(=O)CCC(C)[C@H]2CCC3C4C(CC[C@@]32C)[C@@]2(C)CC[C@@H](O)C[C@@H]2C[C@@H]4O)C1. The first-order chi connectivity index (χ1) is 17.5. The standard InChI is InChI=1S/C30H49NO6/c1-17(5-8-26(34)31-16-20(37-4)15-24(31)28(35)36)21-6-7-22-27-23(10-12-30(21,22)3)29(2)11-9-19(32)13-18(29)14-25(27)33/h17-25,27,32-33H,5-16H2,1-4H3,(H,35,36)/t17?,18-,19-,20+,21-,22?,23?,24-,25+,27?,29+,30-/m1/s1. The molecule has 7 heteroatoms. The van der Waals surface area contributed by atoms with Crippen molar-refractivity contribution >= 4 is 11.9 Å². The van der Waals surface area contributed by atoms with Gasteiger partial charge in [0.1, 0.15) is 6.04 Å². The Labute approximate surface area is 222 Å². The van der Waals surface area contributed by atoms with Crippen molar-refractivity contribution in [2.45, 2.75) is 116 Å². The van der Waals surface area contributed by atoms with Crippen LogP contribution in [0.5, 0.6) is 0 Å². The summed E-state index contributed by atoms with van der Waals surface area (Å²) in [6.07, 6.45) is 9.14. The lowest BCUT2D eigenvalue weighted by Gasteiger charge is -2.62. The Kier molecular flexibility index (Phi) is 7.47. The molecule has 5 fully saturated rings. The number of carbonyl (C=O) groups excluding carboxylic acids is 1. The zero-order valence-corrected chi connectivity index (χ0v) is 23.3. The molecule has 5 aliphatic rings. The summed E-state index contributed by atoms with van der Waals surface area (Å²) < 4.78 is 5.36. The van der Waals surface area contributed by atoms with E-state index < -0.39 is 12.0 Å². The second kappa shape index (κ2) is 10.1. The van der Waals surface area contributed by atoms with E-state index in [0.29, 0.717) is 54.9 Å². The molecule has 0 spiro atoms. The van der Waals surface area contributed by atoms with E-state index in [-0.39, 0.29) is 35.0 Å². The molecule has 12 atom stereocenters. The summed E-state index contributed by atoms with van der Waals surface area (Å²) >= 11 is 0. The van der Waals surface area contributed by atoms with Gasteiger partial charge in [-0.15, -0.1) is 0 Å². The molecule has 0 aromatic heterocycles. The maximum Gasteiger partial charge on any atom is 0.326 e. The van der Waals surface area contributed by atoms with Gasteiger partial charge in [0.25, 0.3) is 0 Å². The number of hydrogen-bond acceptors (Lipinski definition) is 5. The largest absolute Gasteiger partial charge is 0.480 e. The molecule has 4 unspecified atom stereocenters. The summed E-state index contributed by atoms with van der Waals surface area (Å²) in [5, 5.41) is 31.4. The average Bonchev–Trinajstić information content (AvgIpc) is 3.45. The van der Waals surface area contributed by atoms with E-state index in [1.165, 1.54) is 11.3 Å². The molecular formula is C30H49NO6. The molecule has 0 radical (unpaired) electrons. The zero-order valence-electron chi connectivity index (χ0n) is 23.3. The Morgan fingerprint density at radius 3 is 2.41 bits per heavy atom. The van der Waals surface area contributed by atoms with E-state index >= 15 is 0 Å². The second-order valence-electron chi connectivity index (χ2n) is 14.0. The number of aliphatic carboxylic acids is 1. The zero-order chi connectivity index (χ0) is 26.7. The predicted molar refractivity (Wildman–Crippen MR) is 140 cm³/mol.